The number of amides is 2. The summed E-state index contributed by atoms with van der Waals surface area (Å²) in [7, 11) is 1.49. The summed E-state index contributed by atoms with van der Waals surface area (Å²) in [5.74, 6) is -0.508. The Morgan fingerprint density at radius 1 is 1.26 bits per heavy atom. The van der Waals surface area contributed by atoms with Gasteiger partial charge >= 0.3 is 6.09 Å². The van der Waals surface area contributed by atoms with Crippen molar-refractivity contribution in [2.24, 2.45) is 5.92 Å². The molecule has 2 heterocycles. The third-order valence-electron chi connectivity index (χ3n) is 5.48. The Kier molecular flexibility index (Phi) is 5.62. The number of ether oxygens (including phenoxy) is 2. The van der Waals surface area contributed by atoms with Crippen LogP contribution in [-0.2, 0) is 9.53 Å². The van der Waals surface area contributed by atoms with Gasteiger partial charge in [-0.1, -0.05) is 0 Å². The van der Waals surface area contributed by atoms with Crippen LogP contribution in [0.15, 0.2) is 36.4 Å². The molecule has 0 spiro atoms. The predicted molar refractivity (Wildman–Crippen MR) is 112 cm³/mol. The normalized spacial score (nSPS) is 18.0. The molecule has 2 fully saturated rings. The maximum absolute atomic E-state index is 14.3. The lowest BCUT2D eigenvalue weighted by molar-refractivity contribution is -0.119. The topological polar surface area (TPSA) is 94.9 Å². The molecule has 0 radical (unpaired) electrons. The highest BCUT2D eigenvalue weighted by molar-refractivity contribution is 5.95. The second-order valence-corrected chi connectivity index (χ2v) is 7.35. The van der Waals surface area contributed by atoms with Crippen LogP contribution in [0.2, 0.25) is 0 Å². The zero-order valence-electron chi connectivity index (χ0n) is 16.9. The van der Waals surface area contributed by atoms with Crippen LogP contribution in [0, 0.1) is 23.1 Å². The number of carbonyl (C=O) groups excluding carboxylic acids is 2. The lowest BCUT2D eigenvalue weighted by atomic mass is 10.1. The minimum Gasteiger partial charge on any atom is -0.494 e. The molecule has 160 valence electrons. The van der Waals surface area contributed by atoms with Crippen LogP contribution in [0.25, 0.3) is 0 Å². The first-order valence-electron chi connectivity index (χ1n) is 9.88. The van der Waals surface area contributed by atoms with E-state index in [-0.39, 0.29) is 17.4 Å². The number of nitriles is 1. The van der Waals surface area contributed by atoms with Gasteiger partial charge in [0.05, 0.1) is 42.6 Å². The molecule has 4 rings (SSSR count). The number of cyclic esters (lactones) is 1. The average molecular weight is 424 g/mol. The fourth-order valence-corrected chi connectivity index (χ4v) is 3.86. The van der Waals surface area contributed by atoms with Gasteiger partial charge in [-0.25, -0.2) is 9.18 Å². The SMILES string of the molecule is COc1cc(NC(=O)C2CCN(c3ccc(C#N)cc3F)C2)ccc1N1CCOC1=O. The van der Waals surface area contributed by atoms with Gasteiger partial charge in [-0.2, -0.15) is 5.26 Å². The lowest BCUT2D eigenvalue weighted by Gasteiger charge is -2.20. The zero-order valence-corrected chi connectivity index (χ0v) is 16.9. The summed E-state index contributed by atoms with van der Waals surface area (Å²) in [5, 5.41) is 11.8. The molecule has 31 heavy (non-hydrogen) atoms. The van der Waals surface area contributed by atoms with E-state index in [2.05, 4.69) is 5.32 Å². The number of methoxy groups -OCH3 is 1. The van der Waals surface area contributed by atoms with Crippen LogP contribution >= 0.6 is 0 Å². The Bertz CT molecular complexity index is 1070. The lowest BCUT2D eigenvalue weighted by Crippen LogP contribution is -2.27. The number of anilines is 3. The van der Waals surface area contributed by atoms with Gasteiger partial charge in [-0.3, -0.25) is 9.69 Å². The molecule has 2 amide bonds. The van der Waals surface area contributed by atoms with Gasteiger partial charge in [0, 0.05) is 24.8 Å². The number of hydrogen-bond acceptors (Lipinski definition) is 6. The number of hydrogen-bond donors (Lipinski definition) is 1. The first-order chi connectivity index (χ1) is 15.0. The van der Waals surface area contributed by atoms with Gasteiger partial charge in [0.25, 0.3) is 0 Å². The Morgan fingerprint density at radius 2 is 2.06 bits per heavy atom. The summed E-state index contributed by atoms with van der Waals surface area (Å²) in [6.45, 7) is 1.67. The zero-order chi connectivity index (χ0) is 22.0. The van der Waals surface area contributed by atoms with Crippen molar-refractivity contribution in [2.45, 2.75) is 6.42 Å². The van der Waals surface area contributed by atoms with Gasteiger partial charge in [-0.05, 0) is 36.8 Å². The molecular weight excluding hydrogens is 403 g/mol. The number of nitrogens with zero attached hydrogens (tertiary/aromatic N) is 3. The highest BCUT2D eigenvalue weighted by Gasteiger charge is 2.30. The van der Waals surface area contributed by atoms with Crippen molar-refractivity contribution < 1.29 is 23.5 Å². The molecule has 2 aromatic rings. The van der Waals surface area contributed by atoms with Gasteiger partial charge < -0.3 is 19.7 Å². The van der Waals surface area contributed by atoms with Crippen LogP contribution < -0.4 is 19.9 Å². The van der Waals surface area contributed by atoms with Gasteiger partial charge in [0.1, 0.15) is 18.2 Å². The first-order valence-corrected chi connectivity index (χ1v) is 9.88. The Hall–Kier alpha value is -3.80. The van der Waals surface area contributed by atoms with Gasteiger partial charge in [-0.15, -0.1) is 0 Å². The number of nitrogens with one attached hydrogen (secondary N) is 1. The Morgan fingerprint density at radius 3 is 2.74 bits per heavy atom. The summed E-state index contributed by atoms with van der Waals surface area (Å²) < 4.78 is 24.6. The van der Waals surface area contributed by atoms with E-state index in [1.54, 1.807) is 30.3 Å². The summed E-state index contributed by atoms with van der Waals surface area (Å²) >= 11 is 0. The molecular formula is C22H21FN4O4. The number of benzene rings is 2. The molecule has 2 aliphatic heterocycles. The first kappa shape index (κ1) is 20.5. The molecule has 0 aromatic heterocycles. The molecule has 9 heteroatoms. The van der Waals surface area contributed by atoms with Crippen molar-refractivity contribution in [1.29, 1.82) is 5.26 Å². The van der Waals surface area contributed by atoms with Crippen molar-refractivity contribution in [1.82, 2.24) is 0 Å². The maximum Gasteiger partial charge on any atom is 0.414 e. The van der Waals surface area contributed by atoms with E-state index < -0.39 is 11.9 Å². The van der Waals surface area contributed by atoms with Crippen LogP contribution in [0.4, 0.5) is 26.2 Å². The van der Waals surface area contributed by atoms with Crippen molar-refractivity contribution in [3.8, 4) is 11.8 Å². The van der Waals surface area contributed by atoms with Gasteiger partial charge in [0.15, 0.2) is 0 Å². The van der Waals surface area contributed by atoms with Crippen LogP contribution in [0.5, 0.6) is 5.75 Å². The predicted octanol–water partition coefficient (Wildman–Crippen LogP) is 3.13. The van der Waals surface area contributed by atoms with Crippen molar-refractivity contribution in [3.05, 3.63) is 47.8 Å². The molecule has 2 aliphatic rings. The smallest absolute Gasteiger partial charge is 0.414 e. The standard InChI is InChI=1S/C22H21FN4O4/c1-30-20-11-16(3-5-19(20)27-8-9-31-22(27)29)25-21(28)15-6-7-26(13-15)18-4-2-14(12-24)10-17(18)23/h2-5,10-11,15H,6-9,13H2,1H3,(H,25,28). The van der Waals surface area contributed by atoms with Gasteiger partial charge in [0.2, 0.25) is 5.91 Å². The number of rotatable bonds is 5. The van der Waals surface area contributed by atoms with E-state index in [9.17, 15) is 14.0 Å². The van der Waals surface area contributed by atoms with E-state index >= 15 is 0 Å². The molecule has 8 nitrogen and oxygen atoms in total. The molecule has 1 unspecified atom stereocenters. The van der Waals surface area contributed by atoms with E-state index in [1.807, 2.05) is 11.0 Å². The molecule has 1 atom stereocenters. The minimum atomic E-state index is -0.471. The average Bonchev–Trinajstić information content (AvgIpc) is 3.43. The molecule has 0 saturated carbocycles. The number of halogens is 1. The Labute approximate surface area is 178 Å². The largest absolute Gasteiger partial charge is 0.494 e. The maximum atomic E-state index is 14.3. The second kappa shape index (κ2) is 8.52. The van der Waals surface area contributed by atoms with Crippen molar-refractivity contribution in [3.63, 3.8) is 0 Å². The highest BCUT2D eigenvalue weighted by atomic mass is 19.1. The molecule has 1 N–H and O–H groups in total. The molecule has 2 aromatic carbocycles. The van der Waals surface area contributed by atoms with E-state index in [1.165, 1.54) is 18.1 Å². The third-order valence-corrected chi connectivity index (χ3v) is 5.48. The second-order valence-electron chi connectivity index (χ2n) is 7.35. The summed E-state index contributed by atoms with van der Waals surface area (Å²) in [5.41, 5.74) is 1.76. The fourth-order valence-electron chi connectivity index (χ4n) is 3.86. The molecule has 0 aliphatic carbocycles. The number of carbonyl (C=O) groups is 2. The molecule has 0 bridgehead atoms. The Balaban J connectivity index is 1.43. The van der Waals surface area contributed by atoms with Crippen molar-refractivity contribution in [2.75, 3.05) is 48.5 Å². The van der Waals surface area contributed by atoms with Crippen LogP contribution in [-0.4, -0.2) is 45.4 Å². The summed E-state index contributed by atoms with van der Waals surface area (Å²) in [4.78, 5) is 27.9. The van der Waals surface area contributed by atoms with Crippen LogP contribution in [0.1, 0.15) is 12.0 Å². The van der Waals surface area contributed by atoms with Crippen LogP contribution in [0.3, 0.4) is 0 Å². The van der Waals surface area contributed by atoms with E-state index in [0.29, 0.717) is 55.5 Å². The third kappa shape index (κ3) is 4.10. The molecule has 2 saturated heterocycles. The minimum absolute atomic E-state index is 0.174. The monoisotopic (exact) mass is 424 g/mol. The van der Waals surface area contributed by atoms with Crippen molar-refractivity contribution >= 4 is 29.1 Å². The van der Waals surface area contributed by atoms with E-state index in [0.717, 1.165) is 0 Å². The van der Waals surface area contributed by atoms with E-state index in [4.69, 9.17) is 14.7 Å². The summed E-state index contributed by atoms with van der Waals surface area (Å²) in [6.07, 6.45) is 0.149. The summed E-state index contributed by atoms with van der Waals surface area (Å²) in [6, 6.07) is 11.3. The highest BCUT2D eigenvalue weighted by Crippen LogP contribution is 2.33. The quantitative estimate of drug-likeness (QED) is 0.793. The fraction of sp³-hybridized carbons (Fsp3) is 0.318.